The third-order valence-corrected chi connectivity index (χ3v) is 4.15. The van der Waals surface area contributed by atoms with Gasteiger partial charge in [0.15, 0.2) is 5.13 Å². The van der Waals surface area contributed by atoms with Crippen molar-refractivity contribution < 1.29 is 18.4 Å². The number of carbonyl (C=O) groups excluding carboxylic acids is 2. The van der Waals surface area contributed by atoms with Crippen LogP contribution in [0.5, 0.6) is 0 Å². The summed E-state index contributed by atoms with van der Waals surface area (Å²) in [5, 5.41) is 6.99. The molecule has 5 nitrogen and oxygen atoms in total. The third kappa shape index (κ3) is 4.09. The Balaban J connectivity index is 1.78. The molecule has 0 atom stereocenters. The Hall–Kier alpha value is -3.13. The van der Waals surface area contributed by atoms with E-state index in [9.17, 15) is 18.4 Å². The van der Waals surface area contributed by atoms with Gasteiger partial charge in [-0.1, -0.05) is 0 Å². The molecule has 1 heterocycles. The van der Waals surface area contributed by atoms with E-state index in [1.54, 1.807) is 17.5 Å². The summed E-state index contributed by atoms with van der Waals surface area (Å²) in [6.07, 6.45) is 0. The van der Waals surface area contributed by atoms with Crippen LogP contribution in [0.2, 0.25) is 0 Å². The number of benzene rings is 2. The topological polar surface area (TPSA) is 71.1 Å². The van der Waals surface area contributed by atoms with Gasteiger partial charge in [-0.25, -0.2) is 13.8 Å². The summed E-state index contributed by atoms with van der Waals surface area (Å²) in [4.78, 5) is 27.7. The molecule has 1 aromatic heterocycles. The molecule has 8 heteroatoms. The van der Waals surface area contributed by atoms with Gasteiger partial charge in [-0.2, -0.15) is 0 Å². The molecule has 0 aliphatic heterocycles. The van der Waals surface area contributed by atoms with Gasteiger partial charge in [0, 0.05) is 23.6 Å². The highest BCUT2D eigenvalue weighted by atomic mass is 32.1. The summed E-state index contributed by atoms with van der Waals surface area (Å²) >= 11 is 1.16. The molecule has 2 aromatic carbocycles. The second kappa shape index (κ2) is 7.40. The first-order chi connectivity index (χ1) is 12.4. The Kier molecular flexibility index (Phi) is 5.04. The number of nitrogens with zero attached hydrogens (tertiary/aromatic N) is 1. The Labute approximate surface area is 151 Å². The molecule has 0 unspecified atom stereocenters. The fourth-order valence-electron chi connectivity index (χ4n) is 2.23. The number of rotatable bonds is 4. The number of nitrogens with one attached hydrogen (secondary N) is 2. The minimum absolute atomic E-state index is 0.213. The van der Waals surface area contributed by atoms with Crippen LogP contribution in [0, 0.1) is 11.6 Å². The SMILES string of the molecule is CC(=O)Nc1ccc(F)c(C(=O)Nc2nc(-c3ccc(F)cc3)cs2)c1. The average molecular weight is 373 g/mol. The number of carbonyl (C=O) groups is 2. The molecule has 0 fully saturated rings. The Morgan fingerprint density at radius 3 is 2.46 bits per heavy atom. The molecule has 0 spiro atoms. The van der Waals surface area contributed by atoms with Crippen molar-refractivity contribution in [2.24, 2.45) is 0 Å². The zero-order chi connectivity index (χ0) is 18.7. The number of aromatic nitrogens is 1. The van der Waals surface area contributed by atoms with E-state index < -0.39 is 11.7 Å². The third-order valence-electron chi connectivity index (χ3n) is 3.40. The Morgan fingerprint density at radius 1 is 1.04 bits per heavy atom. The molecule has 3 rings (SSSR count). The van der Waals surface area contributed by atoms with E-state index in [2.05, 4.69) is 15.6 Å². The molecule has 3 aromatic rings. The van der Waals surface area contributed by atoms with Crippen LogP contribution in [-0.2, 0) is 4.79 Å². The molecular weight excluding hydrogens is 360 g/mol. The largest absolute Gasteiger partial charge is 0.326 e. The van der Waals surface area contributed by atoms with E-state index in [0.29, 0.717) is 16.9 Å². The molecule has 26 heavy (non-hydrogen) atoms. The van der Waals surface area contributed by atoms with Crippen LogP contribution < -0.4 is 10.6 Å². The number of hydrogen-bond donors (Lipinski definition) is 2. The second-order valence-corrected chi connectivity index (χ2v) is 6.23. The van der Waals surface area contributed by atoms with Crippen molar-refractivity contribution in [1.82, 2.24) is 4.98 Å². The molecule has 0 aliphatic carbocycles. The minimum atomic E-state index is -0.716. The summed E-state index contributed by atoms with van der Waals surface area (Å²) in [5.74, 6) is -2.08. The van der Waals surface area contributed by atoms with Gasteiger partial charge in [0.05, 0.1) is 11.3 Å². The molecule has 0 saturated carbocycles. The molecule has 2 N–H and O–H groups in total. The maximum atomic E-state index is 13.9. The van der Waals surface area contributed by atoms with Crippen LogP contribution in [0.4, 0.5) is 19.6 Å². The van der Waals surface area contributed by atoms with Crippen molar-refractivity contribution in [2.75, 3.05) is 10.6 Å². The van der Waals surface area contributed by atoms with Crippen LogP contribution in [0.15, 0.2) is 47.8 Å². The zero-order valence-corrected chi connectivity index (χ0v) is 14.4. The molecule has 0 bridgehead atoms. The highest BCUT2D eigenvalue weighted by Crippen LogP contribution is 2.26. The highest BCUT2D eigenvalue weighted by molar-refractivity contribution is 7.14. The normalized spacial score (nSPS) is 10.4. The average Bonchev–Trinajstić information content (AvgIpc) is 3.05. The standard InChI is InChI=1S/C18H13F2N3O2S/c1-10(24)21-13-6-7-15(20)14(8-13)17(25)23-18-22-16(9-26-18)11-2-4-12(19)5-3-11/h2-9H,1H3,(H,21,24)(H,22,23,25). The first-order valence-corrected chi connectivity index (χ1v) is 8.40. The van der Waals surface area contributed by atoms with Gasteiger partial charge in [-0.05, 0) is 42.5 Å². The van der Waals surface area contributed by atoms with Crippen molar-refractivity contribution >= 4 is 34.0 Å². The summed E-state index contributed by atoms with van der Waals surface area (Å²) < 4.78 is 26.9. The fourth-order valence-corrected chi connectivity index (χ4v) is 2.94. The molecule has 0 aliphatic rings. The van der Waals surface area contributed by atoms with Crippen LogP contribution in [0.25, 0.3) is 11.3 Å². The summed E-state index contributed by atoms with van der Waals surface area (Å²) in [7, 11) is 0. The molecule has 0 saturated heterocycles. The summed E-state index contributed by atoms with van der Waals surface area (Å²) in [6.45, 7) is 1.32. The van der Waals surface area contributed by atoms with Crippen LogP contribution >= 0.6 is 11.3 Å². The number of amides is 2. The monoisotopic (exact) mass is 373 g/mol. The first-order valence-electron chi connectivity index (χ1n) is 7.52. The lowest BCUT2D eigenvalue weighted by Gasteiger charge is -2.07. The van der Waals surface area contributed by atoms with Crippen molar-refractivity contribution in [3.05, 3.63) is 65.0 Å². The highest BCUT2D eigenvalue weighted by Gasteiger charge is 2.15. The van der Waals surface area contributed by atoms with E-state index in [-0.39, 0.29) is 22.4 Å². The van der Waals surface area contributed by atoms with Crippen molar-refractivity contribution in [2.45, 2.75) is 6.92 Å². The van der Waals surface area contributed by atoms with Gasteiger partial charge in [-0.15, -0.1) is 11.3 Å². The van der Waals surface area contributed by atoms with Crippen molar-refractivity contribution in [3.8, 4) is 11.3 Å². The number of halogens is 2. The van der Waals surface area contributed by atoms with E-state index in [4.69, 9.17) is 0 Å². The number of thiazole rings is 1. The lowest BCUT2D eigenvalue weighted by Crippen LogP contribution is -2.15. The van der Waals surface area contributed by atoms with Gasteiger partial charge in [0.2, 0.25) is 5.91 Å². The Bertz CT molecular complexity index is 971. The maximum Gasteiger partial charge on any atom is 0.260 e. The van der Waals surface area contributed by atoms with Crippen molar-refractivity contribution in [3.63, 3.8) is 0 Å². The van der Waals surface area contributed by atoms with Crippen LogP contribution in [0.1, 0.15) is 17.3 Å². The predicted molar refractivity (Wildman–Crippen MR) is 96.2 cm³/mol. The molecular formula is C18H13F2N3O2S. The van der Waals surface area contributed by atoms with Crippen LogP contribution in [0.3, 0.4) is 0 Å². The van der Waals surface area contributed by atoms with E-state index in [1.165, 1.54) is 31.2 Å². The first kappa shape index (κ1) is 17.7. The quantitative estimate of drug-likeness (QED) is 0.716. The van der Waals surface area contributed by atoms with Gasteiger partial charge >= 0.3 is 0 Å². The van der Waals surface area contributed by atoms with E-state index in [1.807, 2.05) is 0 Å². The fraction of sp³-hybridized carbons (Fsp3) is 0.0556. The summed E-state index contributed by atoms with van der Waals surface area (Å²) in [6, 6.07) is 9.50. The van der Waals surface area contributed by atoms with E-state index in [0.717, 1.165) is 17.4 Å². The van der Waals surface area contributed by atoms with Crippen molar-refractivity contribution in [1.29, 1.82) is 0 Å². The van der Waals surface area contributed by atoms with Gasteiger partial charge in [0.25, 0.3) is 5.91 Å². The van der Waals surface area contributed by atoms with Gasteiger partial charge in [0.1, 0.15) is 11.6 Å². The summed E-state index contributed by atoms with van der Waals surface area (Å²) in [5.41, 5.74) is 1.37. The molecule has 132 valence electrons. The molecule has 2 amide bonds. The lowest BCUT2D eigenvalue weighted by molar-refractivity contribution is -0.114. The van der Waals surface area contributed by atoms with Gasteiger partial charge < -0.3 is 5.32 Å². The molecule has 0 radical (unpaired) electrons. The lowest BCUT2D eigenvalue weighted by atomic mass is 10.1. The number of anilines is 2. The minimum Gasteiger partial charge on any atom is -0.326 e. The smallest absolute Gasteiger partial charge is 0.260 e. The predicted octanol–water partition coefficient (Wildman–Crippen LogP) is 4.30. The van der Waals surface area contributed by atoms with E-state index >= 15 is 0 Å². The Morgan fingerprint density at radius 2 is 1.77 bits per heavy atom. The maximum absolute atomic E-state index is 13.9. The van der Waals surface area contributed by atoms with Gasteiger partial charge in [-0.3, -0.25) is 14.9 Å². The second-order valence-electron chi connectivity index (χ2n) is 5.37. The number of hydrogen-bond acceptors (Lipinski definition) is 4. The zero-order valence-electron chi connectivity index (χ0n) is 13.5. The van der Waals surface area contributed by atoms with Crippen LogP contribution in [-0.4, -0.2) is 16.8 Å².